The second kappa shape index (κ2) is 5.19. The number of benzene rings is 2. The number of halogens is 2. The molecule has 0 aromatic heterocycles. The predicted molar refractivity (Wildman–Crippen MR) is 66.9 cm³/mol. The highest BCUT2D eigenvalue weighted by Crippen LogP contribution is 2.21. The standard InChI is InChI=1S/C14H12ClFO/c1-10-4-2-7-13(14(10)16)17-9-11-5-3-6-12(15)8-11/h2-8H,9H2,1H3. The number of ether oxygens (including phenoxy) is 1. The van der Waals surface area contributed by atoms with Gasteiger partial charge in [-0.15, -0.1) is 0 Å². The molecular formula is C14H12ClFO. The molecule has 0 bridgehead atoms. The Morgan fingerprint density at radius 3 is 2.71 bits per heavy atom. The first kappa shape index (κ1) is 11.9. The van der Waals surface area contributed by atoms with Crippen molar-refractivity contribution in [1.29, 1.82) is 0 Å². The summed E-state index contributed by atoms with van der Waals surface area (Å²) in [6.07, 6.45) is 0. The quantitative estimate of drug-likeness (QED) is 0.786. The van der Waals surface area contributed by atoms with E-state index < -0.39 is 0 Å². The van der Waals surface area contributed by atoms with E-state index in [9.17, 15) is 4.39 Å². The maximum atomic E-state index is 13.6. The van der Waals surface area contributed by atoms with Crippen LogP contribution in [-0.2, 0) is 6.61 Å². The third-order valence-corrected chi connectivity index (χ3v) is 2.67. The molecule has 0 heterocycles. The zero-order valence-corrected chi connectivity index (χ0v) is 10.2. The van der Waals surface area contributed by atoms with Gasteiger partial charge in [-0.1, -0.05) is 35.9 Å². The van der Waals surface area contributed by atoms with E-state index in [1.807, 2.05) is 12.1 Å². The Hall–Kier alpha value is -1.54. The van der Waals surface area contributed by atoms with Gasteiger partial charge in [0.15, 0.2) is 11.6 Å². The van der Waals surface area contributed by atoms with Crippen molar-refractivity contribution in [2.24, 2.45) is 0 Å². The van der Waals surface area contributed by atoms with E-state index in [4.69, 9.17) is 16.3 Å². The molecule has 0 atom stereocenters. The van der Waals surface area contributed by atoms with E-state index in [1.54, 1.807) is 37.3 Å². The maximum absolute atomic E-state index is 13.6. The minimum Gasteiger partial charge on any atom is -0.486 e. The largest absolute Gasteiger partial charge is 0.486 e. The maximum Gasteiger partial charge on any atom is 0.167 e. The number of aryl methyl sites for hydroxylation is 1. The highest BCUT2D eigenvalue weighted by Gasteiger charge is 2.05. The summed E-state index contributed by atoms with van der Waals surface area (Å²) in [5, 5.41) is 0.649. The minimum atomic E-state index is -0.311. The molecule has 2 aromatic rings. The molecule has 0 aliphatic heterocycles. The molecule has 88 valence electrons. The summed E-state index contributed by atoms with van der Waals surface area (Å²) in [5.74, 6) is -0.0421. The van der Waals surface area contributed by atoms with Crippen LogP contribution in [0, 0.1) is 12.7 Å². The van der Waals surface area contributed by atoms with Gasteiger partial charge in [-0.2, -0.15) is 0 Å². The summed E-state index contributed by atoms with van der Waals surface area (Å²) in [5.41, 5.74) is 1.49. The predicted octanol–water partition coefficient (Wildman–Crippen LogP) is 4.37. The van der Waals surface area contributed by atoms with Gasteiger partial charge >= 0.3 is 0 Å². The Bertz CT molecular complexity index is 525. The van der Waals surface area contributed by atoms with Crippen molar-refractivity contribution in [3.63, 3.8) is 0 Å². The van der Waals surface area contributed by atoms with Crippen LogP contribution < -0.4 is 4.74 Å². The smallest absolute Gasteiger partial charge is 0.167 e. The van der Waals surface area contributed by atoms with Crippen LogP contribution in [0.25, 0.3) is 0 Å². The van der Waals surface area contributed by atoms with Crippen LogP contribution in [0.4, 0.5) is 4.39 Å². The molecule has 1 nitrogen and oxygen atoms in total. The van der Waals surface area contributed by atoms with Crippen LogP contribution in [0.3, 0.4) is 0 Å². The van der Waals surface area contributed by atoms with Crippen molar-refractivity contribution in [3.8, 4) is 5.75 Å². The third-order valence-electron chi connectivity index (χ3n) is 2.44. The van der Waals surface area contributed by atoms with E-state index in [0.717, 1.165) is 5.56 Å². The first-order valence-corrected chi connectivity index (χ1v) is 5.67. The van der Waals surface area contributed by atoms with Gasteiger partial charge in [0.1, 0.15) is 6.61 Å². The van der Waals surface area contributed by atoms with Crippen LogP contribution in [0.2, 0.25) is 5.02 Å². The molecule has 2 aromatic carbocycles. The van der Waals surface area contributed by atoms with Crippen LogP contribution in [0.5, 0.6) is 5.75 Å². The lowest BCUT2D eigenvalue weighted by Crippen LogP contribution is -1.98. The van der Waals surface area contributed by atoms with Crippen molar-refractivity contribution in [1.82, 2.24) is 0 Å². The summed E-state index contributed by atoms with van der Waals surface area (Å²) in [6.45, 7) is 2.02. The minimum absolute atomic E-state index is 0.268. The number of hydrogen-bond acceptors (Lipinski definition) is 1. The van der Waals surface area contributed by atoms with E-state index >= 15 is 0 Å². The molecule has 0 saturated carbocycles. The Labute approximate surface area is 105 Å². The second-order valence-electron chi connectivity index (χ2n) is 3.81. The van der Waals surface area contributed by atoms with Gasteiger partial charge in [-0.25, -0.2) is 4.39 Å². The molecule has 0 saturated heterocycles. The molecule has 0 amide bonds. The number of hydrogen-bond donors (Lipinski definition) is 0. The molecule has 0 aliphatic carbocycles. The lowest BCUT2D eigenvalue weighted by molar-refractivity contribution is 0.289. The Kier molecular flexibility index (Phi) is 3.64. The lowest BCUT2D eigenvalue weighted by atomic mass is 10.2. The first-order chi connectivity index (χ1) is 8.16. The average molecular weight is 251 g/mol. The average Bonchev–Trinajstić information content (AvgIpc) is 2.31. The van der Waals surface area contributed by atoms with Crippen molar-refractivity contribution < 1.29 is 9.13 Å². The Balaban J connectivity index is 2.10. The van der Waals surface area contributed by atoms with Gasteiger partial charge in [0, 0.05) is 5.02 Å². The van der Waals surface area contributed by atoms with Crippen LogP contribution in [0.15, 0.2) is 42.5 Å². The summed E-state index contributed by atoms with van der Waals surface area (Å²) in [7, 11) is 0. The second-order valence-corrected chi connectivity index (χ2v) is 4.24. The Morgan fingerprint density at radius 1 is 1.18 bits per heavy atom. The highest BCUT2D eigenvalue weighted by atomic mass is 35.5. The summed E-state index contributed by atoms with van der Waals surface area (Å²) in [4.78, 5) is 0. The normalized spacial score (nSPS) is 10.3. The van der Waals surface area contributed by atoms with Crippen molar-refractivity contribution in [3.05, 3.63) is 64.4 Å². The highest BCUT2D eigenvalue weighted by molar-refractivity contribution is 6.30. The first-order valence-electron chi connectivity index (χ1n) is 5.29. The molecular weight excluding hydrogens is 239 g/mol. The fourth-order valence-electron chi connectivity index (χ4n) is 1.52. The van der Waals surface area contributed by atoms with Gasteiger partial charge in [0.25, 0.3) is 0 Å². The van der Waals surface area contributed by atoms with E-state index in [0.29, 0.717) is 17.2 Å². The molecule has 0 unspecified atom stereocenters. The van der Waals surface area contributed by atoms with Gasteiger partial charge in [-0.05, 0) is 36.2 Å². The van der Waals surface area contributed by atoms with Gasteiger partial charge in [-0.3, -0.25) is 0 Å². The van der Waals surface area contributed by atoms with Crippen LogP contribution in [-0.4, -0.2) is 0 Å². The zero-order chi connectivity index (χ0) is 12.3. The molecule has 0 radical (unpaired) electrons. The molecule has 0 spiro atoms. The van der Waals surface area contributed by atoms with E-state index in [-0.39, 0.29) is 11.6 Å². The van der Waals surface area contributed by atoms with Crippen molar-refractivity contribution in [2.45, 2.75) is 13.5 Å². The molecule has 0 aliphatic rings. The Morgan fingerprint density at radius 2 is 1.94 bits per heavy atom. The molecule has 0 fully saturated rings. The summed E-state index contributed by atoms with van der Waals surface area (Å²) in [6, 6.07) is 12.4. The topological polar surface area (TPSA) is 9.23 Å². The molecule has 3 heteroatoms. The molecule has 17 heavy (non-hydrogen) atoms. The SMILES string of the molecule is Cc1cccc(OCc2cccc(Cl)c2)c1F. The van der Waals surface area contributed by atoms with Gasteiger partial charge in [0.05, 0.1) is 0 Å². The summed E-state index contributed by atoms with van der Waals surface area (Å²) >= 11 is 5.85. The molecule has 0 N–H and O–H groups in total. The lowest BCUT2D eigenvalue weighted by Gasteiger charge is -2.08. The third kappa shape index (κ3) is 2.98. The monoisotopic (exact) mass is 250 g/mol. The fourth-order valence-corrected chi connectivity index (χ4v) is 1.73. The van der Waals surface area contributed by atoms with Gasteiger partial charge < -0.3 is 4.74 Å². The van der Waals surface area contributed by atoms with Gasteiger partial charge in [0.2, 0.25) is 0 Å². The van der Waals surface area contributed by atoms with E-state index in [1.165, 1.54) is 0 Å². The summed E-state index contributed by atoms with van der Waals surface area (Å²) < 4.78 is 19.1. The van der Waals surface area contributed by atoms with Crippen molar-refractivity contribution in [2.75, 3.05) is 0 Å². The number of rotatable bonds is 3. The van der Waals surface area contributed by atoms with Crippen molar-refractivity contribution >= 4 is 11.6 Å². The van der Waals surface area contributed by atoms with Crippen LogP contribution >= 0.6 is 11.6 Å². The van der Waals surface area contributed by atoms with Crippen LogP contribution in [0.1, 0.15) is 11.1 Å². The van der Waals surface area contributed by atoms with E-state index in [2.05, 4.69) is 0 Å². The fraction of sp³-hybridized carbons (Fsp3) is 0.143. The zero-order valence-electron chi connectivity index (χ0n) is 9.41. The molecule has 2 rings (SSSR count).